The maximum atomic E-state index is 12.7. The molecule has 1 aliphatic heterocycles. The predicted octanol–water partition coefficient (Wildman–Crippen LogP) is 2.18. The first-order valence-electron chi connectivity index (χ1n) is 7.52. The summed E-state index contributed by atoms with van der Waals surface area (Å²) in [6.07, 6.45) is 6.37. The lowest BCUT2D eigenvalue weighted by molar-refractivity contribution is 0.0247. The molecule has 2 fully saturated rings. The molecule has 1 saturated heterocycles. The number of aliphatic hydroxyl groups is 1. The minimum absolute atomic E-state index is 0.0355. The molecule has 20 heavy (non-hydrogen) atoms. The first-order chi connectivity index (χ1) is 9.69. The van der Waals surface area contributed by atoms with E-state index in [0.717, 1.165) is 44.4 Å². The zero-order chi connectivity index (χ0) is 14.2. The van der Waals surface area contributed by atoms with Gasteiger partial charge in [0.15, 0.2) is 12.1 Å². The standard InChI is InChI=1S/C15H22N2O3/c1-2-15(9-18)6-3-7-17(8-15)14(19)12-13(11-4-5-11)20-10-16-12/h10-11,18H,2-9H2,1H3/t15-/m0/s1. The number of carbonyl (C=O) groups is 1. The van der Waals surface area contributed by atoms with Gasteiger partial charge in [-0.1, -0.05) is 6.92 Å². The number of hydrogen-bond donors (Lipinski definition) is 1. The van der Waals surface area contributed by atoms with Crippen molar-refractivity contribution >= 4 is 5.91 Å². The Balaban J connectivity index is 1.78. The molecule has 0 radical (unpaired) electrons. The molecule has 0 aromatic carbocycles. The largest absolute Gasteiger partial charge is 0.447 e. The Morgan fingerprint density at radius 3 is 3.05 bits per heavy atom. The molecule has 0 bridgehead atoms. The summed E-state index contributed by atoms with van der Waals surface area (Å²) < 4.78 is 5.40. The van der Waals surface area contributed by atoms with E-state index in [0.29, 0.717) is 18.2 Å². The molecule has 3 rings (SSSR count). The van der Waals surface area contributed by atoms with Crippen LogP contribution in [0.2, 0.25) is 0 Å². The molecular weight excluding hydrogens is 256 g/mol. The zero-order valence-electron chi connectivity index (χ0n) is 12.0. The second-order valence-electron chi connectivity index (χ2n) is 6.18. The van der Waals surface area contributed by atoms with Gasteiger partial charge < -0.3 is 14.4 Å². The fourth-order valence-electron chi connectivity index (χ4n) is 3.11. The first kappa shape index (κ1) is 13.6. The summed E-state index contributed by atoms with van der Waals surface area (Å²) in [6.45, 7) is 3.59. The van der Waals surface area contributed by atoms with Gasteiger partial charge in [-0.05, 0) is 32.1 Å². The molecule has 1 saturated carbocycles. The number of likely N-dealkylation sites (tertiary alicyclic amines) is 1. The fourth-order valence-corrected chi connectivity index (χ4v) is 3.11. The number of oxazole rings is 1. The maximum Gasteiger partial charge on any atom is 0.276 e. The number of hydrogen-bond acceptors (Lipinski definition) is 4. The van der Waals surface area contributed by atoms with Gasteiger partial charge in [0.05, 0.1) is 6.61 Å². The van der Waals surface area contributed by atoms with Crippen LogP contribution in [0.25, 0.3) is 0 Å². The van der Waals surface area contributed by atoms with E-state index < -0.39 is 0 Å². The zero-order valence-corrected chi connectivity index (χ0v) is 12.0. The highest BCUT2D eigenvalue weighted by atomic mass is 16.3. The highest BCUT2D eigenvalue weighted by molar-refractivity contribution is 5.93. The van der Waals surface area contributed by atoms with Gasteiger partial charge in [0.2, 0.25) is 0 Å². The summed E-state index contributed by atoms with van der Waals surface area (Å²) in [5.74, 6) is 1.10. The van der Waals surface area contributed by atoms with Crippen molar-refractivity contribution < 1.29 is 14.3 Å². The summed E-state index contributed by atoms with van der Waals surface area (Å²) in [5.41, 5.74) is 0.342. The number of aliphatic hydroxyl groups excluding tert-OH is 1. The van der Waals surface area contributed by atoms with Gasteiger partial charge in [0.1, 0.15) is 5.76 Å². The van der Waals surface area contributed by atoms with Crippen molar-refractivity contribution in [3.8, 4) is 0 Å². The van der Waals surface area contributed by atoms with Crippen LogP contribution in [0.15, 0.2) is 10.8 Å². The van der Waals surface area contributed by atoms with Crippen molar-refractivity contribution in [1.29, 1.82) is 0 Å². The topological polar surface area (TPSA) is 66.6 Å². The minimum atomic E-state index is -0.141. The van der Waals surface area contributed by atoms with Crippen molar-refractivity contribution in [3.05, 3.63) is 17.8 Å². The number of carbonyl (C=O) groups excluding carboxylic acids is 1. The summed E-state index contributed by atoms with van der Waals surface area (Å²) in [5, 5.41) is 9.65. The normalized spacial score (nSPS) is 26.8. The van der Waals surface area contributed by atoms with E-state index in [-0.39, 0.29) is 17.9 Å². The Hall–Kier alpha value is -1.36. The van der Waals surface area contributed by atoms with E-state index in [9.17, 15) is 9.90 Å². The van der Waals surface area contributed by atoms with Crippen LogP contribution in [0.1, 0.15) is 61.2 Å². The molecule has 1 aromatic rings. The highest BCUT2D eigenvalue weighted by Crippen LogP contribution is 2.42. The molecule has 110 valence electrons. The molecule has 1 amide bonds. The van der Waals surface area contributed by atoms with Gasteiger partial charge in [-0.2, -0.15) is 0 Å². The van der Waals surface area contributed by atoms with Gasteiger partial charge in [0, 0.05) is 24.4 Å². The van der Waals surface area contributed by atoms with Crippen LogP contribution in [0, 0.1) is 5.41 Å². The monoisotopic (exact) mass is 278 g/mol. The smallest absolute Gasteiger partial charge is 0.276 e. The molecule has 1 aromatic heterocycles. The van der Waals surface area contributed by atoms with Crippen LogP contribution in [-0.2, 0) is 0 Å². The van der Waals surface area contributed by atoms with Crippen molar-refractivity contribution in [3.63, 3.8) is 0 Å². The summed E-state index contributed by atoms with van der Waals surface area (Å²) in [7, 11) is 0. The third kappa shape index (κ3) is 2.35. The van der Waals surface area contributed by atoms with Gasteiger partial charge in [-0.25, -0.2) is 4.98 Å². The molecular formula is C15H22N2O3. The second kappa shape index (κ2) is 5.20. The maximum absolute atomic E-state index is 12.7. The van der Waals surface area contributed by atoms with E-state index >= 15 is 0 Å². The Morgan fingerprint density at radius 1 is 1.60 bits per heavy atom. The lowest BCUT2D eigenvalue weighted by Crippen LogP contribution is -2.47. The first-order valence-corrected chi connectivity index (χ1v) is 7.52. The molecule has 2 heterocycles. The average Bonchev–Trinajstić information content (AvgIpc) is 3.23. The van der Waals surface area contributed by atoms with Crippen LogP contribution in [0.5, 0.6) is 0 Å². The van der Waals surface area contributed by atoms with Gasteiger partial charge in [-0.3, -0.25) is 4.79 Å². The minimum Gasteiger partial charge on any atom is -0.447 e. The predicted molar refractivity (Wildman–Crippen MR) is 73.4 cm³/mol. The second-order valence-corrected chi connectivity index (χ2v) is 6.18. The third-order valence-electron chi connectivity index (χ3n) is 4.78. The molecule has 1 atom stereocenters. The SMILES string of the molecule is CC[C@]1(CO)CCCN(C(=O)c2ncoc2C2CC2)C1. The Labute approximate surface area is 119 Å². The van der Waals surface area contributed by atoms with Gasteiger partial charge >= 0.3 is 0 Å². The number of aromatic nitrogens is 1. The van der Waals surface area contributed by atoms with E-state index in [4.69, 9.17) is 4.42 Å². The summed E-state index contributed by atoms with van der Waals surface area (Å²) >= 11 is 0. The van der Waals surface area contributed by atoms with Crippen molar-refractivity contribution in [2.24, 2.45) is 5.41 Å². The van der Waals surface area contributed by atoms with Crippen molar-refractivity contribution in [2.75, 3.05) is 19.7 Å². The summed E-state index contributed by atoms with van der Waals surface area (Å²) in [6, 6.07) is 0. The lowest BCUT2D eigenvalue weighted by atomic mass is 9.78. The average molecular weight is 278 g/mol. The Kier molecular flexibility index (Phi) is 3.54. The Bertz CT molecular complexity index is 489. The number of nitrogens with zero attached hydrogens (tertiary/aromatic N) is 2. The highest BCUT2D eigenvalue weighted by Gasteiger charge is 2.38. The molecule has 1 N–H and O–H groups in total. The van der Waals surface area contributed by atoms with Crippen LogP contribution in [0.4, 0.5) is 0 Å². The van der Waals surface area contributed by atoms with E-state index in [1.807, 2.05) is 4.90 Å². The summed E-state index contributed by atoms with van der Waals surface area (Å²) in [4.78, 5) is 18.6. The fraction of sp³-hybridized carbons (Fsp3) is 0.733. The van der Waals surface area contributed by atoms with E-state index in [2.05, 4.69) is 11.9 Å². The molecule has 1 aliphatic carbocycles. The molecule has 5 nitrogen and oxygen atoms in total. The number of rotatable bonds is 4. The molecule has 2 aliphatic rings. The lowest BCUT2D eigenvalue weighted by Gasteiger charge is -2.41. The third-order valence-corrected chi connectivity index (χ3v) is 4.78. The van der Waals surface area contributed by atoms with E-state index in [1.165, 1.54) is 6.39 Å². The van der Waals surface area contributed by atoms with Crippen LogP contribution in [0.3, 0.4) is 0 Å². The Morgan fingerprint density at radius 2 is 2.40 bits per heavy atom. The van der Waals surface area contributed by atoms with E-state index in [1.54, 1.807) is 0 Å². The van der Waals surface area contributed by atoms with Crippen LogP contribution in [-0.4, -0.2) is 40.6 Å². The van der Waals surface area contributed by atoms with Crippen LogP contribution >= 0.6 is 0 Å². The van der Waals surface area contributed by atoms with Crippen molar-refractivity contribution in [1.82, 2.24) is 9.88 Å². The van der Waals surface area contributed by atoms with Gasteiger partial charge in [0.25, 0.3) is 5.91 Å². The molecule has 0 unspecified atom stereocenters. The number of piperidine rings is 1. The number of amides is 1. The molecule has 0 spiro atoms. The quantitative estimate of drug-likeness (QED) is 0.916. The van der Waals surface area contributed by atoms with Crippen molar-refractivity contribution in [2.45, 2.75) is 44.9 Å². The van der Waals surface area contributed by atoms with Gasteiger partial charge in [-0.15, -0.1) is 0 Å². The molecule has 5 heteroatoms. The van der Waals surface area contributed by atoms with Crippen LogP contribution < -0.4 is 0 Å².